The first kappa shape index (κ1) is 24.3. The molecule has 188 valence electrons. The summed E-state index contributed by atoms with van der Waals surface area (Å²) in [7, 11) is 0. The molecule has 2 aromatic heterocycles. The maximum atomic E-state index is 12.6. The molecule has 3 N–H and O–H groups in total. The summed E-state index contributed by atoms with van der Waals surface area (Å²) in [5.74, 6) is 1.59. The van der Waals surface area contributed by atoms with Crippen molar-refractivity contribution in [2.24, 2.45) is 0 Å². The monoisotopic (exact) mass is 487 g/mol. The van der Waals surface area contributed by atoms with Gasteiger partial charge in [0.25, 0.3) is 0 Å². The van der Waals surface area contributed by atoms with Crippen LogP contribution in [0.2, 0.25) is 0 Å². The number of carbonyl (C=O) groups excluding carboxylic acids is 1. The first-order valence-corrected chi connectivity index (χ1v) is 12.6. The number of nitrogens with zero attached hydrogens (tertiary/aromatic N) is 5. The number of hydrogen-bond donors (Lipinski definition) is 3. The summed E-state index contributed by atoms with van der Waals surface area (Å²) in [6, 6.07) is 12.2. The Bertz CT molecular complexity index is 1170. The molecule has 9 heteroatoms. The summed E-state index contributed by atoms with van der Waals surface area (Å²) >= 11 is 0. The molecule has 8 rings (SSSR count). The molecule has 1 aromatic carbocycles. The quantitative estimate of drug-likeness (QED) is 0.478. The van der Waals surface area contributed by atoms with Crippen molar-refractivity contribution < 1.29 is 9.90 Å². The van der Waals surface area contributed by atoms with E-state index in [-0.39, 0.29) is 18.4 Å². The fraction of sp³-hybridized carbons (Fsp3) is 0.407. The van der Waals surface area contributed by atoms with Gasteiger partial charge in [-0.15, -0.1) is 0 Å². The molecule has 9 nitrogen and oxygen atoms in total. The maximum Gasteiger partial charge on any atom is 0.222 e. The number of anilines is 3. The topological polar surface area (TPSA) is 107 Å². The molecule has 3 atom stereocenters. The summed E-state index contributed by atoms with van der Waals surface area (Å²) in [6.45, 7) is 4.34. The zero-order valence-corrected chi connectivity index (χ0v) is 20.4. The number of aliphatic hydroxyl groups is 1. The Morgan fingerprint density at radius 1 is 1.00 bits per heavy atom. The fourth-order valence-electron chi connectivity index (χ4n) is 4.83. The average Bonchev–Trinajstić information content (AvgIpc) is 2.89. The van der Waals surface area contributed by atoms with Gasteiger partial charge in [0.05, 0.1) is 13.2 Å². The minimum atomic E-state index is 0.0110. The van der Waals surface area contributed by atoms with Crippen molar-refractivity contribution in [1.29, 1.82) is 0 Å². The van der Waals surface area contributed by atoms with Gasteiger partial charge in [0.1, 0.15) is 11.6 Å². The standard InChI is InChI=1S/C27H33N7O2/c35-19-24-17-33-10-11-34(24)16-20-4-3-5-23(12-20)32-26-13-21(7-9-28-26)22-14-30-27(31-15-22)29-8-2-1-6-25(36)18-33/h3-5,7,9,12-15,24,35H,1-2,6,8,10-11,16-19H2,(H,28,32)(H,29,30,31). The van der Waals surface area contributed by atoms with E-state index in [2.05, 4.69) is 47.5 Å². The van der Waals surface area contributed by atoms with Crippen LogP contribution in [0, 0.1) is 0 Å². The molecule has 0 spiro atoms. The van der Waals surface area contributed by atoms with Crippen molar-refractivity contribution in [2.75, 3.05) is 50.0 Å². The van der Waals surface area contributed by atoms with Gasteiger partial charge in [0.2, 0.25) is 5.95 Å². The van der Waals surface area contributed by atoms with Crippen molar-refractivity contribution in [3.8, 4) is 11.1 Å². The molecule has 0 saturated carbocycles. The number of Topliss-reactive ketones (excluding diaryl/α,β-unsaturated/α-hetero) is 1. The lowest BCUT2D eigenvalue weighted by atomic mass is 10.1. The summed E-state index contributed by atoms with van der Waals surface area (Å²) in [6.07, 6.45) is 7.67. The third-order valence-corrected chi connectivity index (χ3v) is 6.80. The van der Waals surface area contributed by atoms with Crippen molar-refractivity contribution in [2.45, 2.75) is 31.8 Å². The molecule has 7 heterocycles. The van der Waals surface area contributed by atoms with Crippen LogP contribution in [0.1, 0.15) is 24.8 Å². The summed E-state index contributed by atoms with van der Waals surface area (Å²) in [5, 5.41) is 16.7. The van der Waals surface area contributed by atoms with Gasteiger partial charge in [0, 0.05) is 75.0 Å². The van der Waals surface area contributed by atoms with Crippen LogP contribution in [0.15, 0.2) is 55.0 Å². The van der Waals surface area contributed by atoms with Gasteiger partial charge >= 0.3 is 0 Å². The second-order valence-electron chi connectivity index (χ2n) is 9.52. The Morgan fingerprint density at radius 2 is 1.89 bits per heavy atom. The van der Waals surface area contributed by atoms with E-state index in [0.717, 1.165) is 67.2 Å². The van der Waals surface area contributed by atoms with Gasteiger partial charge in [-0.1, -0.05) is 12.1 Å². The first-order chi connectivity index (χ1) is 17.7. The molecular weight excluding hydrogens is 454 g/mol. The van der Waals surface area contributed by atoms with Crippen LogP contribution in [-0.4, -0.2) is 81.0 Å². The van der Waals surface area contributed by atoms with E-state index >= 15 is 0 Å². The second kappa shape index (κ2) is 11.6. The van der Waals surface area contributed by atoms with E-state index in [1.165, 1.54) is 0 Å². The molecule has 36 heavy (non-hydrogen) atoms. The highest BCUT2D eigenvalue weighted by Gasteiger charge is 2.27. The van der Waals surface area contributed by atoms with Gasteiger partial charge in [-0.05, 0) is 48.2 Å². The predicted octanol–water partition coefficient (Wildman–Crippen LogP) is 2.93. The third-order valence-electron chi connectivity index (χ3n) is 6.80. The summed E-state index contributed by atoms with van der Waals surface area (Å²) < 4.78 is 0. The lowest BCUT2D eigenvalue weighted by molar-refractivity contribution is -0.121. The molecule has 1 saturated heterocycles. The van der Waals surface area contributed by atoms with Gasteiger partial charge < -0.3 is 15.7 Å². The SMILES string of the molecule is O=C1CCCCNc2ncc(cn2)-c2ccnc(c2)Nc2cccc(c2)CN2CCN(C1)CC2CO. The Balaban J connectivity index is 1.38. The second-order valence-corrected chi connectivity index (χ2v) is 9.52. The lowest BCUT2D eigenvalue weighted by Gasteiger charge is -2.40. The molecule has 0 aliphatic carbocycles. The first-order valence-electron chi connectivity index (χ1n) is 12.6. The van der Waals surface area contributed by atoms with E-state index in [1.807, 2.05) is 36.7 Å². The van der Waals surface area contributed by atoms with Crippen LogP contribution in [0.25, 0.3) is 11.1 Å². The Kier molecular flexibility index (Phi) is 7.80. The smallest absolute Gasteiger partial charge is 0.222 e. The highest BCUT2D eigenvalue weighted by atomic mass is 16.3. The average molecular weight is 488 g/mol. The lowest BCUT2D eigenvalue weighted by Crippen LogP contribution is -2.55. The number of benzene rings is 1. The van der Waals surface area contributed by atoms with Crippen LogP contribution in [0.4, 0.5) is 17.5 Å². The van der Waals surface area contributed by atoms with Crippen LogP contribution < -0.4 is 10.6 Å². The number of nitrogens with one attached hydrogen (secondary N) is 2. The third kappa shape index (κ3) is 6.23. The molecule has 3 unspecified atom stereocenters. The minimum absolute atomic E-state index is 0.0110. The molecule has 3 aromatic rings. The highest BCUT2D eigenvalue weighted by molar-refractivity contribution is 5.80. The minimum Gasteiger partial charge on any atom is -0.395 e. The van der Waals surface area contributed by atoms with Gasteiger partial charge in [-0.3, -0.25) is 14.6 Å². The van der Waals surface area contributed by atoms with E-state index < -0.39 is 0 Å². The van der Waals surface area contributed by atoms with Crippen molar-refractivity contribution in [1.82, 2.24) is 24.8 Å². The number of aromatic nitrogens is 3. The van der Waals surface area contributed by atoms with Gasteiger partial charge in [-0.2, -0.15) is 0 Å². The maximum absolute atomic E-state index is 12.6. The number of hydrogen-bond acceptors (Lipinski definition) is 9. The number of rotatable bonds is 1. The van der Waals surface area contributed by atoms with E-state index in [1.54, 1.807) is 6.20 Å². The highest BCUT2D eigenvalue weighted by Crippen LogP contribution is 2.24. The van der Waals surface area contributed by atoms with Crippen molar-refractivity contribution >= 4 is 23.2 Å². The summed E-state index contributed by atoms with van der Waals surface area (Å²) in [5.41, 5.74) is 4.01. The van der Waals surface area contributed by atoms with Gasteiger partial charge in [0.15, 0.2) is 0 Å². The van der Waals surface area contributed by atoms with Gasteiger partial charge in [-0.25, -0.2) is 15.0 Å². The Morgan fingerprint density at radius 3 is 2.75 bits per heavy atom. The van der Waals surface area contributed by atoms with Crippen LogP contribution in [0.5, 0.6) is 0 Å². The number of ketones is 1. The molecule has 5 aliphatic rings. The van der Waals surface area contributed by atoms with Crippen molar-refractivity contribution in [3.05, 3.63) is 60.6 Å². The molecule has 8 bridgehead atoms. The Labute approximate surface area is 211 Å². The van der Waals surface area contributed by atoms with E-state index in [4.69, 9.17) is 0 Å². The van der Waals surface area contributed by atoms with Crippen molar-refractivity contribution in [3.63, 3.8) is 0 Å². The largest absolute Gasteiger partial charge is 0.395 e. The molecular formula is C27H33N7O2. The van der Waals surface area contributed by atoms with Crippen LogP contribution in [-0.2, 0) is 11.3 Å². The molecule has 0 radical (unpaired) electrons. The van der Waals surface area contributed by atoms with E-state index in [0.29, 0.717) is 25.5 Å². The van der Waals surface area contributed by atoms with E-state index in [9.17, 15) is 9.90 Å². The number of carbonyl (C=O) groups is 1. The fourth-order valence-corrected chi connectivity index (χ4v) is 4.83. The van der Waals surface area contributed by atoms with Crippen LogP contribution >= 0.6 is 0 Å². The predicted molar refractivity (Wildman–Crippen MR) is 140 cm³/mol. The zero-order chi connectivity index (χ0) is 24.7. The molecule has 5 aliphatic heterocycles. The van der Waals surface area contributed by atoms with Crippen LogP contribution in [0.3, 0.4) is 0 Å². The number of pyridine rings is 1. The number of aliphatic hydroxyl groups excluding tert-OH is 1. The molecule has 0 amide bonds. The Hall–Kier alpha value is -3.40. The normalized spacial score (nSPS) is 23.0. The zero-order valence-electron chi connectivity index (χ0n) is 20.4. The summed E-state index contributed by atoms with van der Waals surface area (Å²) in [4.78, 5) is 30.4. The molecule has 1 fully saturated rings. The number of piperazine rings is 1.